The number of hydrogen-bond acceptors (Lipinski definition) is 3. The van der Waals surface area contributed by atoms with Gasteiger partial charge < -0.3 is 4.74 Å². The van der Waals surface area contributed by atoms with Gasteiger partial charge in [-0.05, 0) is 29.7 Å². The third-order valence-electron chi connectivity index (χ3n) is 2.28. The number of benzene rings is 1. The van der Waals surface area contributed by atoms with Gasteiger partial charge in [0, 0.05) is 0 Å². The molecule has 0 radical (unpaired) electrons. The number of nitrogens with one attached hydrogen (secondary N) is 1. The van der Waals surface area contributed by atoms with E-state index >= 15 is 0 Å². The Balaban J connectivity index is 2.94. The van der Waals surface area contributed by atoms with Crippen LogP contribution < -0.4 is 16.0 Å². The van der Waals surface area contributed by atoms with Gasteiger partial charge in [0.1, 0.15) is 6.04 Å². The summed E-state index contributed by atoms with van der Waals surface area (Å²) in [6.45, 7) is 0. The first-order chi connectivity index (χ1) is 7.90. The molecule has 0 saturated carbocycles. The highest BCUT2D eigenvalue weighted by molar-refractivity contribution is 6.22. The quantitative estimate of drug-likeness (QED) is 0.488. The van der Waals surface area contributed by atoms with Crippen LogP contribution in [0.3, 0.4) is 0 Å². The van der Waals surface area contributed by atoms with Crippen molar-refractivity contribution in [2.75, 3.05) is 7.11 Å². The van der Waals surface area contributed by atoms with Crippen LogP contribution in [0.1, 0.15) is 5.56 Å². The Labute approximate surface area is 102 Å². The fourth-order valence-electron chi connectivity index (χ4n) is 1.36. The van der Waals surface area contributed by atoms with Crippen LogP contribution >= 0.6 is 11.6 Å². The molecule has 1 rings (SSSR count). The molecule has 1 atom stereocenters. The van der Waals surface area contributed by atoms with E-state index in [-0.39, 0.29) is 17.7 Å². The van der Waals surface area contributed by atoms with Gasteiger partial charge in [-0.1, -0.05) is 12.1 Å². The Bertz CT molecular complexity index is 384. The largest absolute Gasteiger partial charge is 0.494 e. The molecule has 1 aromatic carbocycles. The molecule has 3 nitrogen and oxygen atoms in total. The zero-order chi connectivity index (χ0) is 13.1. The topological polar surface area (TPSA) is 47.3 Å². The van der Waals surface area contributed by atoms with Crippen molar-refractivity contribution in [3.8, 4) is 5.75 Å². The maximum Gasteiger partial charge on any atom is 0.338 e. The summed E-state index contributed by atoms with van der Waals surface area (Å²) >= 11 is 4.85. The number of nitrogens with two attached hydrogens (primary N) is 1. The SMILES string of the molecule is COc1cccc(CC(NN)C(F)(F)Cl)c1F. The minimum absolute atomic E-state index is 0.0174. The lowest BCUT2D eigenvalue weighted by molar-refractivity contribution is 0.0499. The minimum atomic E-state index is -3.57. The summed E-state index contributed by atoms with van der Waals surface area (Å²) in [5.74, 6) is 4.24. The normalized spacial score (nSPS) is 13.5. The second-order valence-corrected chi connectivity index (χ2v) is 3.90. The molecule has 0 saturated heterocycles. The third-order valence-corrected chi connectivity index (χ3v) is 2.55. The standard InChI is InChI=1S/C10H12ClF3N2O/c1-17-7-4-2-3-6(9(7)12)5-8(16-15)10(11,13)14/h2-4,8,16H,5,15H2,1H3. The van der Waals surface area contributed by atoms with Gasteiger partial charge in [-0.25, -0.2) is 9.82 Å². The van der Waals surface area contributed by atoms with E-state index in [2.05, 4.69) is 0 Å². The molecule has 1 unspecified atom stereocenters. The number of methoxy groups -OCH3 is 1. The Morgan fingerprint density at radius 3 is 2.65 bits per heavy atom. The molecular formula is C10H12ClF3N2O. The first-order valence-electron chi connectivity index (χ1n) is 4.74. The summed E-state index contributed by atoms with van der Waals surface area (Å²) < 4.78 is 44.1. The summed E-state index contributed by atoms with van der Waals surface area (Å²) in [4.78, 5) is 0. The number of hydrazine groups is 1. The lowest BCUT2D eigenvalue weighted by Gasteiger charge is -2.21. The Kier molecular flexibility index (Phi) is 4.62. The van der Waals surface area contributed by atoms with Crippen molar-refractivity contribution in [1.29, 1.82) is 0 Å². The van der Waals surface area contributed by atoms with Crippen LogP contribution in [0.25, 0.3) is 0 Å². The summed E-state index contributed by atoms with van der Waals surface area (Å²) in [7, 11) is 1.29. The van der Waals surface area contributed by atoms with E-state index in [1.807, 2.05) is 5.43 Å². The lowest BCUT2D eigenvalue weighted by atomic mass is 10.1. The molecule has 7 heteroatoms. The maximum absolute atomic E-state index is 13.7. The number of ether oxygens (including phenoxy) is 1. The van der Waals surface area contributed by atoms with Gasteiger partial charge in [-0.15, -0.1) is 0 Å². The van der Waals surface area contributed by atoms with E-state index in [1.165, 1.54) is 25.3 Å². The van der Waals surface area contributed by atoms with Gasteiger partial charge in [0.05, 0.1) is 7.11 Å². The molecule has 0 aliphatic rings. The van der Waals surface area contributed by atoms with Crippen molar-refractivity contribution < 1.29 is 17.9 Å². The summed E-state index contributed by atoms with van der Waals surface area (Å²) in [5, 5.41) is -3.57. The molecule has 0 aromatic heterocycles. The monoisotopic (exact) mass is 268 g/mol. The average molecular weight is 269 g/mol. The van der Waals surface area contributed by atoms with Crippen LogP contribution in [-0.2, 0) is 6.42 Å². The van der Waals surface area contributed by atoms with E-state index in [0.717, 1.165) is 0 Å². The first kappa shape index (κ1) is 14.1. The molecule has 0 fully saturated rings. The van der Waals surface area contributed by atoms with E-state index in [4.69, 9.17) is 22.2 Å². The molecular weight excluding hydrogens is 257 g/mol. The summed E-state index contributed by atoms with van der Waals surface area (Å²) in [6, 6.07) is 2.69. The summed E-state index contributed by atoms with van der Waals surface area (Å²) in [5.41, 5.74) is 1.91. The molecule has 0 heterocycles. The predicted molar refractivity (Wildman–Crippen MR) is 58.6 cm³/mol. The molecule has 0 aliphatic heterocycles. The second-order valence-electron chi connectivity index (χ2n) is 3.40. The van der Waals surface area contributed by atoms with Gasteiger partial charge in [-0.2, -0.15) is 8.78 Å². The average Bonchev–Trinajstić information content (AvgIpc) is 2.26. The number of rotatable bonds is 5. The molecule has 0 amide bonds. The third kappa shape index (κ3) is 3.49. The molecule has 0 aliphatic carbocycles. The fourth-order valence-corrected chi connectivity index (χ4v) is 1.50. The Morgan fingerprint density at radius 1 is 1.53 bits per heavy atom. The van der Waals surface area contributed by atoms with Gasteiger partial charge in [0.2, 0.25) is 0 Å². The Morgan fingerprint density at radius 2 is 2.18 bits per heavy atom. The van der Waals surface area contributed by atoms with Gasteiger partial charge in [0.25, 0.3) is 0 Å². The van der Waals surface area contributed by atoms with E-state index in [0.29, 0.717) is 0 Å². The maximum atomic E-state index is 13.7. The van der Waals surface area contributed by atoms with E-state index < -0.39 is 17.2 Å². The minimum Gasteiger partial charge on any atom is -0.494 e. The molecule has 17 heavy (non-hydrogen) atoms. The van der Waals surface area contributed by atoms with Crippen LogP contribution in [0.15, 0.2) is 18.2 Å². The van der Waals surface area contributed by atoms with Crippen molar-refractivity contribution in [3.63, 3.8) is 0 Å². The second kappa shape index (κ2) is 5.57. The highest BCUT2D eigenvalue weighted by atomic mass is 35.5. The van der Waals surface area contributed by atoms with Crippen molar-refractivity contribution >= 4 is 11.6 Å². The molecule has 0 bridgehead atoms. The predicted octanol–water partition coefficient (Wildman–Crippen LogP) is 2.04. The van der Waals surface area contributed by atoms with Gasteiger partial charge in [0.15, 0.2) is 11.6 Å². The molecule has 0 spiro atoms. The molecule has 3 N–H and O–H groups in total. The van der Waals surface area contributed by atoms with Crippen LogP contribution in [-0.4, -0.2) is 18.5 Å². The molecule has 1 aromatic rings. The highest BCUT2D eigenvalue weighted by Crippen LogP contribution is 2.28. The van der Waals surface area contributed by atoms with E-state index in [1.54, 1.807) is 0 Å². The van der Waals surface area contributed by atoms with Crippen molar-refractivity contribution in [2.24, 2.45) is 5.84 Å². The van der Waals surface area contributed by atoms with Crippen molar-refractivity contribution in [1.82, 2.24) is 5.43 Å². The van der Waals surface area contributed by atoms with Gasteiger partial charge >= 0.3 is 5.38 Å². The number of hydrogen-bond donors (Lipinski definition) is 2. The zero-order valence-electron chi connectivity index (χ0n) is 9.01. The van der Waals surface area contributed by atoms with Crippen LogP contribution in [0.2, 0.25) is 0 Å². The highest BCUT2D eigenvalue weighted by Gasteiger charge is 2.37. The smallest absolute Gasteiger partial charge is 0.338 e. The van der Waals surface area contributed by atoms with Gasteiger partial charge in [-0.3, -0.25) is 5.84 Å². The van der Waals surface area contributed by atoms with E-state index in [9.17, 15) is 13.2 Å². The number of halogens is 4. The first-order valence-corrected chi connectivity index (χ1v) is 5.12. The fraction of sp³-hybridized carbons (Fsp3) is 0.400. The molecule has 96 valence electrons. The summed E-state index contributed by atoms with van der Waals surface area (Å²) in [6.07, 6.45) is -0.351. The van der Waals surface area contributed by atoms with Crippen LogP contribution in [0.4, 0.5) is 13.2 Å². The van der Waals surface area contributed by atoms with Crippen LogP contribution in [0, 0.1) is 5.82 Å². The Hall–Kier alpha value is -0.980. The van der Waals surface area contributed by atoms with Crippen molar-refractivity contribution in [2.45, 2.75) is 17.8 Å². The zero-order valence-corrected chi connectivity index (χ0v) is 9.77. The van der Waals surface area contributed by atoms with Crippen molar-refractivity contribution in [3.05, 3.63) is 29.6 Å². The van der Waals surface area contributed by atoms with Crippen LogP contribution in [0.5, 0.6) is 5.75 Å². The number of alkyl halides is 3. The lowest BCUT2D eigenvalue weighted by Crippen LogP contribution is -2.47.